The molecule has 0 radical (unpaired) electrons. The number of aliphatic hydroxyl groups excluding tert-OH is 1. The molecule has 0 amide bonds. The number of nitrogens with two attached hydrogens (primary N) is 1. The Balaban J connectivity index is 2.73. The molecule has 1 rings (SSSR count). The van der Waals surface area contributed by atoms with E-state index in [9.17, 15) is 9.90 Å². The topological polar surface area (TPSA) is 96.9 Å². The zero-order chi connectivity index (χ0) is 11.4. The van der Waals surface area contributed by atoms with Crippen molar-refractivity contribution in [2.24, 2.45) is 5.73 Å². The molecule has 7 heteroatoms. The molecule has 0 bridgehead atoms. The van der Waals surface area contributed by atoms with E-state index in [0.717, 1.165) is 0 Å². The Morgan fingerprint density at radius 2 is 2.33 bits per heavy atom. The minimum atomic E-state index is -0.567. The number of hydrogen-bond acceptors (Lipinski definition) is 5. The van der Waals surface area contributed by atoms with Gasteiger partial charge < -0.3 is 10.8 Å². The summed E-state index contributed by atoms with van der Waals surface area (Å²) in [5.41, 5.74) is 5.05. The first-order valence-corrected chi connectivity index (χ1v) is 5.72. The van der Waals surface area contributed by atoms with Gasteiger partial charge in [0.25, 0.3) is 0 Å². The Kier molecular flexibility index (Phi) is 4.37. The monoisotopic (exact) mass is 232 g/mol. The maximum absolute atomic E-state index is 11.3. The molecule has 1 heterocycles. The number of thioether (sulfide) groups is 1. The van der Waals surface area contributed by atoms with Crippen LogP contribution in [-0.2, 0) is 0 Å². The summed E-state index contributed by atoms with van der Waals surface area (Å²) < 4.78 is 1.55. The number of nitrogens with one attached hydrogen (secondary N) is 1. The first-order valence-electron chi connectivity index (χ1n) is 4.74. The first-order chi connectivity index (χ1) is 7.06. The number of aliphatic hydroxyl groups is 1. The van der Waals surface area contributed by atoms with Crippen LogP contribution in [-0.4, -0.2) is 38.3 Å². The van der Waals surface area contributed by atoms with E-state index in [0.29, 0.717) is 10.9 Å². The second-order valence-electron chi connectivity index (χ2n) is 3.48. The molecule has 1 aromatic rings. The number of aromatic amines is 1. The SMILES string of the molecule is CC(C)n1c(SCC(O)CN)n[nH]c1=O. The minimum Gasteiger partial charge on any atom is -0.391 e. The Hall–Kier alpha value is -0.790. The lowest BCUT2D eigenvalue weighted by Crippen LogP contribution is -2.23. The molecule has 4 N–H and O–H groups in total. The summed E-state index contributed by atoms with van der Waals surface area (Å²) in [5, 5.41) is 16.1. The molecule has 15 heavy (non-hydrogen) atoms. The summed E-state index contributed by atoms with van der Waals surface area (Å²) >= 11 is 1.32. The van der Waals surface area contributed by atoms with Crippen LogP contribution in [0, 0.1) is 0 Å². The minimum absolute atomic E-state index is 0.0498. The molecule has 0 aromatic carbocycles. The van der Waals surface area contributed by atoms with Crippen LogP contribution in [0.2, 0.25) is 0 Å². The van der Waals surface area contributed by atoms with Gasteiger partial charge in [0.15, 0.2) is 5.16 Å². The van der Waals surface area contributed by atoms with E-state index in [-0.39, 0.29) is 18.3 Å². The van der Waals surface area contributed by atoms with Gasteiger partial charge in [-0.1, -0.05) is 11.8 Å². The molecule has 86 valence electrons. The third-order valence-electron chi connectivity index (χ3n) is 1.87. The van der Waals surface area contributed by atoms with Crippen LogP contribution >= 0.6 is 11.8 Å². The van der Waals surface area contributed by atoms with Crippen LogP contribution in [0.5, 0.6) is 0 Å². The molecular weight excluding hydrogens is 216 g/mol. The van der Waals surface area contributed by atoms with Crippen molar-refractivity contribution in [2.75, 3.05) is 12.3 Å². The standard InChI is InChI=1S/C8H16N4O2S/c1-5(2)12-7(14)10-11-8(12)15-4-6(13)3-9/h5-6,13H,3-4,9H2,1-2H3,(H,10,14). The van der Waals surface area contributed by atoms with Gasteiger partial charge in [-0.05, 0) is 13.8 Å². The van der Waals surface area contributed by atoms with Gasteiger partial charge in [0.2, 0.25) is 0 Å². The molecule has 0 saturated heterocycles. The van der Waals surface area contributed by atoms with Crippen molar-refractivity contribution in [1.82, 2.24) is 14.8 Å². The van der Waals surface area contributed by atoms with Crippen molar-refractivity contribution in [3.63, 3.8) is 0 Å². The molecular formula is C8H16N4O2S. The summed E-state index contributed by atoms with van der Waals surface area (Å²) in [6.07, 6.45) is -0.567. The molecule has 1 atom stereocenters. The molecule has 1 aromatic heterocycles. The second-order valence-corrected chi connectivity index (χ2v) is 4.46. The smallest absolute Gasteiger partial charge is 0.344 e. The van der Waals surface area contributed by atoms with Crippen LogP contribution in [0.3, 0.4) is 0 Å². The summed E-state index contributed by atoms with van der Waals surface area (Å²) in [7, 11) is 0. The largest absolute Gasteiger partial charge is 0.391 e. The van der Waals surface area contributed by atoms with Crippen molar-refractivity contribution < 1.29 is 5.11 Å². The van der Waals surface area contributed by atoms with Crippen molar-refractivity contribution >= 4 is 11.8 Å². The molecule has 0 aliphatic carbocycles. The Morgan fingerprint density at radius 3 is 2.87 bits per heavy atom. The summed E-state index contributed by atoms with van der Waals surface area (Å²) in [4.78, 5) is 11.3. The fourth-order valence-corrected chi connectivity index (χ4v) is 2.11. The highest BCUT2D eigenvalue weighted by Crippen LogP contribution is 2.17. The van der Waals surface area contributed by atoms with Crippen LogP contribution in [0.1, 0.15) is 19.9 Å². The van der Waals surface area contributed by atoms with Gasteiger partial charge in [0.05, 0.1) is 6.10 Å². The Bertz CT molecular complexity index is 360. The number of H-pyrrole nitrogens is 1. The van der Waals surface area contributed by atoms with Gasteiger partial charge in [-0.25, -0.2) is 9.89 Å². The van der Waals surface area contributed by atoms with Crippen LogP contribution < -0.4 is 11.4 Å². The Morgan fingerprint density at radius 1 is 1.67 bits per heavy atom. The van der Waals surface area contributed by atoms with Gasteiger partial charge in [-0.2, -0.15) is 0 Å². The lowest BCUT2D eigenvalue weighted by molar-refractivity contribution is 0.208. The van der Waals surface area contributed by atoms with Gasteiger partial charge in [0.1, 0.15) is 0 Å². The lowest BCUT2D eigenvalue weighted by Gasteiger charge is -2.10. The summed E-state index contributed by atoms with van der Waals surface area (Å²) in [6, 6.07) is 0.0498. The first kappa shape index (κ1) is 12.3. The highest BCUT2D eigenvalue weighted by atomic mass is 32.2. The highest BCUT2D eigenvalue weighted by Gasteiger charge is 2.13. The molecule has 0 fully saturated rings. The van der Waals surface area contributed by atoms with Crippen molar-refractivity contribution in [2.45, 2.75) is 31.1 Å². The van der Waals surface area contributed by atoms with Gasteiger partial charge in [-0.15, -0.1) is 5.10 Å². The lowest BCUT2D eigenvalue weighted by atomic mass is 10.4. The molecule has 0 aliphatic heterocycles. The zero-order valence-electron chi connectivity index (χ0n) is 8.80. The molecule has 0 saturated carbocycles. The molecule has 1 unspecified atom stereocenters. The third-order valence-corrected chi connectivity index (χ3v) is 2.96. The van der Waals surface area contributed by atoms with Gasteiger partial charge in [-0.3, -0.25) is 4.57 Å². The predicted molar refractivity (Wildman–Crippen MR) is 59.0 cm³/mol. The van der Waals surface area contributed by atoms with E-state index in [4.69, 9.17) is 5.73 Å². The Labute approximate surface area is 91.9 Å². The second kappa shape index (κ2) is 5.34. The number of hydrogen-bond donors (Lipinski definition) is 3. The average molecular weight is 232 g/mol. The fourth-order valence-electron chi connectivity index (χ4n) is 1.09. The number of nitrogens with zero attached hydrogens (tertiary/aromatic N) is 2. The average Bonchev–Trinajstić information content (AvgIpc) is 2.56. The quantitative estimate of drug-likeness (QED) is 0.598. The summed E-state index contributed by atoms with van der Waals surface area (Å²) in [5.74, 6) is 0.438. The van der Waals surface area contributed by atoms with Crippen LogP contribution in [0.4, 0.5) is 0 Å². The fraction of sp³-hybridized carbons (Fsp3) is 0.750. The predicted octanol–water partition coefficient (Wildman–Crippen LogP) is -0.436. The van der Waals surface area contributed by atoms with E-state index in [1.54, 1.807) is 4.57 Å². The van der Waals surface area contributed by atoms with Gasteiger partial charge in [0, 0.05) is 18.3 Å². The zero-order valence-corrected chi connectivity index (χ0v) is 9.62. The van der Waals surface area contributed by atoms with E-state index in [2.05, 4.69) is 10.2 Å². The molecule has 0 aliphatic rings. The molecule has 6 nitrogen and oxygen atoms in total. The normalized spacial score (nSPS) is 13.4. The van der Waals surface area contributed by atoms with Gasteiger partial charge >= 0.3 is 5.69 Å². The van der Waals surface area contributed by atoms with Crippen molar-refractivity contribution in [1.29, 1.82) is 0 Å². The summed E-state index contributed by atoms with van der Waals surface area (Å²) in [6.45, 7) is 4.02. The highest BCUT2D eigenvalue weighted by molar-refractivity contribution is 7.99. The van der Waals surface area contributed by atoms with Crippen molar-refractivity contribution in [3.8, 4) is 0 Å². The molecule has 0 spiro atoms. The van der Waals surface area contributed by atoms with E-state index in [1.807, 2.05) is 13.8 Å². The van der Waals surface area contributed by atoms with E-state index in [1.165, 1.54) is 11.8 Å². The maximum atomic E-state index is 11.3. The maximum Gasteiger partial charge on any atom is 0.344 e. The van der Waals surface area contributed by atoms with E-state index < -0.39 is 6.10 Å². The van der Waals surface area contributed by atoms with Crippen LogP contribution in [0.15, 0.2) is 9.95 Å². The van der Waals surface area contributed by atoms with E-state index >= 15 is 0 Å². The van der Waals surface area contributed by atoms with Crippen molar-refractivity contribution in [3.05, 3.63) is 10.5 Å². The van der Waals surface area contributed by atoms with Crippen LogP contribution in [0.25, 0.3) is 0 Å². The third kappa shape index (κ3) is 3.08. The number of aromatic nitrogens is 3. The number of rotatable bonds is 5.